The third-order valence-corrected chi connectivity index (χ3v) is 9.31. The van der Waals surface area contributed by atoms with E-state index in [1.54, 1.807) is 6.07 Å². The number of nitrogens with one attached hydrogen (secondary N) is 4. The molecular formula is C26H40F3N7O4. The molecule has 1 aliphatic carbocycles. The van der Waals surface area contributed by atoms with E-state index >= 15 is 0 Å². The number of anilines is 2. The summed E-state index contributed by atoms with van der Waals surface area (Å²) in [7, 11) is 2.03. The number of ether oxygens (including phenoxy) is 2. The predicted molar refractivity (Wildman–Crippen MR) is 141 cm³/mol. The molecule has 0 spiro atoms. The fourth-order valence-electron chi connectivity index (χ4n) is 7.01. The number of rotatable bonds is 8. The number of likely N-dealkylation sites (tertiary alicyclic amines) is 1. The number of likely N-dealkylation sites (N-methyl/N-ethyl adjacent to an activating group) is 1. The van der Waals surface area contributed by atoms with E-state index in [0.29, 0.717) is 30.9 Å². The van der Waals surface area contributed by atoms with Gasteiger partial charge in [0.2, 0.25) is 0 Å². The number of aliphatic hydroxyl groups excluding tert-OH is 2. The van der Waals surface area contributed by atoms with Gasteiger partial charge in [-0.2, -0.15) is 0 Å². The predicted octanol–water partition coefficient (Wildman–Crippen LogP) is 0.769. The highest BCUT2D eigenvalue weighted by molar-refractivity contribution is 5.75. The lowest BCUT2D eigenvalue weighted by atomic mass is 9.76. The Morgan fingerprint density at radius 1 is 1.12 bits per heavy atom. The van der Waals surface area contributed by atoms with Gasteiger partial charge in [-0.25, -0.2) is 0 Å². The van der Waals surface area contributed by atoms with Crippen molar-refractivity contribution in [2.75, 3.05) is 37.4 Å². The number of benzene rings is 1. The summed E-state index contributed by atoms with van der Waals surface area (Å²) in [5, 5.41) is 34.8. The summed E-state index contributed by atoms with van der Waals surface area (Å²) >= 11 is 0. The fourth-order valence-corrected chi connectivity index (χ4v) is 7.01. The average molecular weight is 572 g/mol. The number of alkyl halides is 3. The Morgan fingerprint density at radius 3 is 2.67 bits per heavy atom. The third kappa shape index (κ3) is 5.73. The summed E-state index contributed by atoms with van der Waals surface area (Å²) in [4.78, 5) is 4.32. The number of hydrogen-bond donors (Lipinski definition) is 7. The van der Waals surface area contributed by atoms with E-state index in [1.165, 1.54) is 12.1 Å². The van der Waals surface area contributed by atoms with Crippen LogP contribution < -0.4 is 31.7 Å². The van der Waals surface area contributed by atoms with Crippen LogP contribution in [0.25, 0.3) is 0 Å². The van der Waals surface area contributed by atoms with E-state index in [9.17, 15) is 23.4 Å². The number of nitrogens with two attached hydrogens (primary N) is 1. The van der Waals surface area contributed by atoms with Gasteiger partial charge in [-0.1, -0.05) is 0 Å². The molecule has 3 saturated heterocycles. The largest absolute Gasteiger partial charge is 0.573 e. The second kappa shape index (κ2) is 11.1. The molecule has 11 nitrogen and oxygen atoms in total. The highest BCUT2D eigenvalue weighted by Crippen LogP contribution is 2.39. The lowest BCUT2D eigenvalue weighted by Gasteiger charge is -2.42. The van der Waals surface area contributed by atoms with Gasteiger partial charge in [-0.3, -0.25) is 15.5 Å². The molecule has 4 unspecified atom stereocenters. The molecule has 1 aromatic carbocycles. The van der Waals surface area contributed by atoms with E-state index < -0.39 is 30.9 Å². The molecule has 8 N–H and O–H groups in total. The van der Waals surface area contributed by atoms with E-state index in [4.69, 9.17) is 10.5 Å². The molecule has 14 heteroatoms. The minimum atomic E-state index is -4.71. The Labute approximate surface area is 231 Å². The maximum atomic E-state index is 12.5. The molecule has 6 rings (SSSR count). The zero-order chi connectivity index (χ0) is 28.2. The van der Waals surface area contributed by atoms with E-state index in [0.717, 1.165) is 44.3 Å². The molecule has 1 aromatic rings. The van der Waals surface area contributed by atoms with Crippen LogP contribution in [0.15, 0.2) is 18.2 Å². The highest BCUT2D eigenvalue weighted by atomic mass is 19.4. The monoisotopic (exact) mass is 571 g/mol. The van der Waals surface area contributed by atoms with Crippen molar-refractivity contribution in [3.63, 3.8) is 0 Å². The van der Waals surface area contributed by atoms with E-state index in [2.05, 4.69) is 35.8 Å². The van der Waals surface area contributed by atoms with Crippen LogP contribution in [-0.2, 0) is 4.74 Å². The summed E-state index contributed by atoms with van der Waals surface area (Å²) in [5.41, 5.74) is 7.60. The Hall–Kier alpha value is -1.91. The van der Waals surface area contributed by atoms with Crippen LogP contribution in [0, 0.1) is 11.8 Å². The van der Waals surface area contributed by atoms with Crippen LogP contribution in [0.2, 0.25) is 0 Å². The summed E-state index contributed by atoms with van der Waals surface area (Å²) in [6.07, 6.45) is -3.05. The molecule has 5 aliphatic rings. The van der Waals surface area contributed by atoms with Crippen molar-refractivity contribution < 1.29 is 32.9 Å². The molecule has 4 heterocycles. The minimum absolute atomic E-state index is 0.0129. The first-order valence-electron chi connectivity index (χ1n) is 14.2. The van der Waals surface area contributed by atoms with Crippen LogP contribution in [0.5, 0.6) is 5.75 Å². The Morgan fingerprint density at radius 2 is 1.90 bits per heavy atom. The zero-order valence-electron chi connectivity index (χ0n) is 22.5. The van der Waals surface area contributed by atoms with E-state index in [-0.39, 0.29) is 30.2 Å². The smallest absolute Gasteiger partial charge is 0.406 e. The molecule has 1 saturated carbocycles. The van der Waals surface area contributed by atoms with Crippen LogP contribution in [-0.4, -0.2) is 102 Å². The Kier molecular flexibility index (Phi) is 7.80. The maximum Gasteiger partial charge on any atom is 0.573 e. The SMILES string of the molecule is CN(C[C@H]1O[C@@H](N2CCC3C(N)NCNC32)[C@H](O)[C@@H]1O)C1CC(CCC2Nc3ccc(OC(F)(F)F)cc3N2)C1. The summed E-state index contributed by atoms with van der Waals surface area (Å²) < 4.78 is 47.8. The number of nitrogens with zero attached hydrogens (tertiary/aromatic N) is 2. The van der Waals surface area contributed by atoms with Crippen LogP contribution >= 0.6 is 0 Å². The van der Waals surface area contributed by atoms with Gasteiger partial charge in [0.1, 0.15) is 30.3 Å². The van der Waals surface area contributed by atoms with Crippen molar-refractivity contribution >= 4 is 11.4 Å². The standard InChI is InChI=1S/C26H40F3N7O4/c1-35(11-19-21(37)22(38)25(39-19)36-7-6-16-23(30)31-12-32-24(16)36)14-8-13(9-14)2-5-20-33-17-4-3-15(10-18(17)34-20)40-26(27,28)29/h3-4,10,13-14,16,19-25,31-34,37-38H,2,5-9,11-12,30H2,1H3/t13?,14?,16?,19-,20?,21-,22-,23?,24?,25-/m1/s1. The van der Waals surface area contributed by atoms with Gasteiger partial charge in [0, 0.05) is 37.8 Å². The Bertz CT molecular complexity index is 1050. The van der Waals surface area contributed by atoms with Crippen molar-refractivity contribution in [2.45, 2.75) is 87.5 Å². The second-order valence-corrected chi connectivity index (χ2v) is 11.9. The van der Waals surface area contributed by atoms with Gasteiger partial charge >= 0.3 is 6.36 Å². The number of hydrogen-bond acceptors (Lipinski definition) is 11. The summed E-state index contributed by atoms with van der Waals surface area (Å²) in [6.45, 7) is 1.88. The fraction of sp³-hybridized carbons (Fsp3) is 0.769. The number of halogens is 3. The van der Waals surface area contributed by atoms with Crippen LogP contribution in [0.1, 0.15) is 32.1 Å². The van der Waals surface area contributed by atoms with E-state index in [1.807, 2.05) is 7.05 Å². The van der Waals surface area contributed by atoms with Gasteiger partial charge in [0.05, 0.1) is 29.9 Å². The second-order valence-electron chi connectivity index (χ2n) is 11.9. The maximum absolute atomic E-state index is 12.5. The first kappa shape index (κ1) is 28.2. The normalized spacial score (nSPS) is 39.4. The molecule has 8 atom stereocenters. The van der Waals surface area contributed by atoms with Crippen LogP contribution in [0.3, 0.4) is 0 Å². The average Bonchev–Trinajstić information content (AvgIpc) is 3.54. The molecule has 4 aliphatic heterocycles. The topological polar surface area (TPSA) is 140 Å². The van der Waals surface area contributed by atoms with Crippen molar-refractivity contribution in [1.29, 1.82) is 0 Å². The van der Waals surface area contributed by atoms with Gasteiger partial charge in [0.25, 0.3) is 0 Å². The molecule has 40 heavy (non-hydrogen) atoms. The van der Waals surface area contributed by atoms with Crippen molar-refractivity contribution in [2.24, 2.45) is 17.6 Å². The minimum Gasteiger partial charge on any atom is -0.406 e. The first-order chi connectivity index (χ1) is 19.1. The van der Waals surface area contributed by atoms with Crippen molar-refractivity contribution in [3.05, 3.63) is 18.2 Å². The molecule has 0 radical (unpaired) electrons. The lowest BCUT2D eigenvalue weighted by molar-refractivity contribution is -0.274. The lowest BCUT2D eigenvalue weighted by Crippen LogP contribution is -2.64. The van der Waals surface area contributed by atoms with Crippen LogP contribution in [0.4, 0.5) is 24.5 Å². The number of fused-ring (bicyclic) bond motifs is 2. The molecular weight excluding hydrogens is 531 g/mol. The summed E-state index contributed by atoms with van der Waals surface area (Å²) in [6, 6.07) is 4.65. The highest BCUT2D eigenvalue weighted by Gasteiger charge is 2.52. The van der Waals surface area contributed by atoms with Gasteiger partial charge in [-0.05, 0) is 57.2 Å². The van der Waals surface area contributed by atoms with Gasteiger partial charge in [0.15, 0.2) is 0 Å². The van der Waals surface area contributed by atoms with Crippen molar-refractivity contribution in [3.8, 4) is 5.75 Å². The third-order valence-electron chi connectivity index (χ3n) is 9.31. The zero-order valence-corrected chi connectivity index (χ0v) is 22.5. The summed E-state index contributed by atoms with van der Waals surface area (Å²) in [5.74, 6) is 0.534. The number of aliphatic hydroxyl groups is 2. The molecule has 224 valence electrons. The quantitative estimate of drug-likeness (QED) is 0.238. The molecule has 0 aromatic heterocycles. The van der Waals surface area contributed by atoms with Crippen molar-refractivity contribution in [1.82, 2.24) is 20.4 Å². The Balaban J connectivity index is 0.931. The van der Waals surface area contributed by atoms with Gasteiger partial charge in [-0.15, -0.1) is 13.2 Å². The first-order valence-corrected chi connectivity index (χ1v) is 14.2. The molecule has 0 amide bonds. The molecule has 4 fully saturated rings. The van der Waals surface area contributed by atoms with Gasteiger partial charge < -0.3 is 41.0 Å². The molecule has 0 bridgehead atoms.